The summed E-state index contributed by atoms with van der Waals surface area (Å²) in [7, 11) is 0. The van der Waals surface area contributed by atoms with E-state index in [2.05, 4.69) is 21.2 Å². The first-order valence-electron chi connectivity index (χ1n) is 14.0. The molecule has 43 heavy (non-hydrogen) atoms. The fraction of sp³-hybridized carbons (Fsp3) is 0.519. The fourth-order valence-electron chi connectivity index (χ4n) is 5.08. The number of anilines is 1. The number of imide groups is 1. The maximum atomic E-state index is 13.4. The standard InChI is InChI=1S/C27H37N9O7/c1-16(31-23(39)17(2)35-21(37)12-13-22(35)38)25(41)34-15-7-11-20(34)24(40)32-19(10-6-14-30-27(28)29)26(42)36(33-43)18-8-4-3-5-9-18/h3-5,8-9,16-17,19-20H,6-7,10-15H2,1-2H3,(H,31,39)(H,32,40)(H4,28,29,30)/q+1/t16-,17-,19-,20-/m0/s1. The molecule has 0 saturated carbocycles. The third kappa shape index (κ3) is 8.11. The van der Waals surface area contributed by atoms with Gasteiger partial charge in [0.1, 0.15) is 34.8 Å². The van der Waals surface area contributed by atoms with E-state index in [0.717, 1.165) is 4.90 Å². The maximum Gasteiger partial charge on any atom is 0.494 e. The molecule has 2 aliphatic heterocycles. The number of benzene rings is 1. The Labute approximate surface area is 248 Å². The Kier molecular flexibility index (Phi) is 11.3. The molecule has 6 N–H and O–H groups in total. The van der Waals surface area contributed by atoms with Crippen LogP contribution in [0.15, 0.2) is 30.3 Å². The van der Waals surface area contributed by atoms with Crippen LogP contribution in [0.25, 0.3) is 0 Å². The Hall–Kier alpha value is -4.89. The number of amides is 6. The van der Waals surface area contributed by atoms with Crippen molar-refractivity contribution >= 4 is 47.1 Å². The lowest BCUT2D eigenvalue weighted by atomic mass is 10.1. The van der Waals surface area contributed by atoms with Crippen LogP contribution in [0.4, 0.5) is 5.69 Å². The minimum Gasteiger partial charge on any atom is -0.370 e. The van der Waals surface area contributed by atoms with E-state index >= 15 is 0 Å². The Morgan fingerprint density at radius 2 is 1.74 bits per heavy atom. The predicted molar refractivity (Wildman–Crippen MR) is 153 cm³/mol. The quantitative estimate of drug-likeness (QED) is 0.0603. The van der Waals surface area contributed by atoms with Gasteiger partial charge in [0, 0.05) is 30.9 Å². The molecule has 0 spiro atoms. The zero-order chi connectivity index (χ0) is 31.7. The van der Waals surface area contributed by atoms with Gasteiger partial charge in [0.05, 0.1) is 0 Å². The molecule has 0 unspecified atom stereocenters. The third-order valence-electron chi connectivity index (χ3n) is 7.32. The molecule has 16 nitrogen and oxygen atoms in total. The van der Waals surface area contributed by atoms with Gasteiger partial charge in [0.2, 0.25) is 29.5 Å². The van der Waals surface area contributed by atoms with Crippen LogP contribution < -0.4 is 32.0 Å². The van der Waals surface area contributed by atoms with Crippen molar-refractivity contribution in [2.75, 3.05) is 18.1 Å². The average molecular weight is 600 g/mol. The summed E-state index contributed by atoms with van der Waals surface area (Å²) in [6, 6.07) is 3.65. The Morgan fingerprint density at radius 3 is 2.35 bits per heavy atom. The van der Waals surface area contributed by atoms with Crippen molar-refractivity contribution < 1.29 is 28.8 Å². The van der Waals surface area contributed by atoms with Gasteiger partial charge in [-0.25, -0.2) is 0 Å². The molecule has 1 aromatic carbocycles. The summed E-state index contributed by atoms with van der Waals surface area (Å²) < 4.78 is 0. The first-order valence-corrected chi connectivity index (χ1v) is 14.0. The van der Waals surface area contributed by atoms with Crippen molar-refractivity contribution in [3.05, 3.63) is 35.2 Å². The number of nitrogens with two attached hydrogens (primary N) is 1. The van der Waals surface area contributed by atoms with E-state index in [1.165, 1.54) is 30.9 Å². The van der Waals surface area contributed by atoms with Gasteiger partial charge in [-0.2, -0.15) is 0 Å². The van der Waals surface area contributed by atoms with E-state index in [0.29, 0.717) is 24.3 Å². The second kappa shape index (κ2) is 14.8. The lowest BCUT2D eigenvalue weighted by molar-refractivity contribution is -0.147. The molecule has 0 aromatic heterocycles. The van der Waals surface area contributed by atoms with Crippen molar-refractivity contribution in [1.29, 1.82) is 5.41 Å². The fourth-order valence-corrected chi connectivity index (χ4v) is 5.08. The van der Waals surface area contributed by atoms with Gasteiger partial charge in [0.25, 0.3) is 0 Å². The summed E-state index contributed by atoms with van der Waals surface area (Å²) in [5.41, 5.74) is 5.52. The molecule has 2 aliphatic rings. The Bertz CT molecular complexity index is 1240. The van der Waals surface area contributed by atoms with E-state index in [1.54, 1.807) is 18.2 Å². The number of hydrogen-bond acceptors (Lipinski definition) is 9. The first kappa shape index (κ1) is 32.6. The van der Waals surface area contributed by atoms with Gasteiger partial charge in [-0.3, -0.25) is 39.1 Å². The van der Waals surface area contributed by atoms with E-state index in [1.807, 2.05) is 0 Å². The van der Waals surface area contributed by atoms with Crippen LogP contribution in [-0.2, 0) is 28.8 Å². The van der Waals surface area contributed by atoms with Gasteiger partial charge in [0.15, 0.2) is 5.96 Å². The number of likely N-dealkylation sites (tertiary alicyclic amines) is 2. The monoisotopic (exact) mass is 599 g/mol. The number of carbonyl (C=O) groups excluding carboxylic acids is 6. The average Bonchev–Trinajstić information content (AvgIpc) is 3.60. The molecule has 4 atom stereocenters. The van der Waals surface area contributed by atoms with Gasteiger partial charge in [-0.1, -0.05) is 18.2 Å². The summed E-state index contributed by atoms with van der Waals surface area (Å²) >= 11 is 0. The number of nitrogens with zero attached hydrogens (tertiary/aromatic N) is 4. The van der Waals surface area contributed by atoms with Gasteiger partial charge >= 0.3 is 11.2 Å². The van der Waals surface area contributed by atoms with Crippen molar-refractivity contribution in [3.63, 3.8) is 0 Å². The topological polar surface area (TPSA) is 229 Å². The zero-order valence-corrected chi connectivity index (χ0v) is 24.1. The van der Waals surface area contributed by atoms with Crippen molar-refractivity contribution in [2.45, 2.75) is 76.5 Å². The smallest absolute Gasteiger partial charge is 0.370 e. The molecule has 0 bridgehead atoms. The lowest BCUT2D eigenvalue weighted by Gasteiger charge is -2.29. The van der Waals surface area contributed by atoms with Crippen molar-refractivity contribution in [1.82, 2.24) is 31.0 Å². The highest BCUT2D eigenvalue weighted by atomic mass is 16.3. The maximum absolute atomic E-state index is 13.4. The molecule has 231 valence electrons. The molecule has 0 aliphatic carbocycles. The van der Waals surface area contributed by atoms with Gasteiger partial charge < -0.3 is 26.6 Å². The molecule has 2 fully saturated rings. The molecule has 16 heteroatoms. The van der Waals surface area contributed by atoms with Crippen LogP contribution in [-0.4, -0.2) is 88.5 Å². The van der Waals surface area contributed by atoms with Crippen LogP contribution in [0.3, 0.4) is 0 Å². The molecule has 1 aromatic rings. The number of nitrogens with one attached hydrogen (secondary N) is 4. The van der Waals surface area contributed by atoms with Crippen LogP contribution in [0, 0.1) is 10.3 Å². The summed E-state index contributed by atoms with van der Waals surface area (Å²) in [5, 5.41) is 18.6. The predicted octanol–water partition coefficient (Wildman–Crippen LogP) is -1.18. The number of nitroso groups, excluding NO2 is 1. The second-order valence-corrected chi connectivity index (χ2v) is 10.4. The number of hydrogen-bond donors (Lipinski definition) is 5. The second-order valence-electron chi connectivity index (χ2n) is 10.4. The van der Waals surface area contributed by atoms with Crippen LogP contribution >= 0.6 is 0 Å². The third-order valence-corrected chi connectivity index (χ3v) is 7.32. The normalized spacial score (nSPS) is 18.4. The highest BCUT2D eigenvalue weighted by Gasteiger charge is 2.41. The number of guanidine groups is 1. The molecule has 3 rings (SSSR count). The van der Waals surface area contributed by atoms with Crippen LogP contribution in [0.5, 0.6) is 0 Å². The first-order chi connectivity index (χ1) is 20.5. The van der Waals surface area contributed by atoms with Gasteiger partial charge in [-0.15, -0.1) is 0 Å². The van der Waals surface area contributed by atoms with Crippen molar-refractivity contribution in [3.8, 4) is 0 Å². The summed E-state index contributed by atoms with van der Waals surface area (Å²) in [6.45, 7) is 3.29. The summed E-state index contributed by atoms with van der Waals surface area (Å²) in [4.78, 5) is 90.7. The molecular formula is C27H37N9O7+. The number of rotatable bonds is 13. The van der Waals surface area contributed by atoms with E-state index < -0.39 is 59.6 Å². The highest BCUT2D eigenvalue weighted by Crippen LogP contribution is 2.21. The van der Waals surface area contributed by atoms with Crippen LogP contribution in [0.2, 0.25) is 0 Å². The van der Waals surface area contributed by atoms with E-state index in [4.69, 9.17) is 11.1 Å². The minimum atomic E-state index is -1.19. The van der Waals surface area contributed by atoms with Crippen LogP contribution in [0.1, 0.15) is 52.4 Å². The zero-order valence-electron chi connectivity index (χ0n) is 24.1. The summed E-state index contributed by atoms with van der Waals surface area (Å²) in [6.07, 6.45) is 1.21. The van der Waals surface area contributed by atoms with Crippen molar-refractivity contribution in [2.24, 2.45) is 5.73 Å². The Balaban J connectivity index is 1.69. The largest absolute Gasteiger partial charge is 0.494 e. The molecule has 2 heterocycles. The molecule has 6 amide bonds. The Morgan fingerprint density at radius 1 is 1.09 bits per heavy atom. The molecule has 2 saturated heterocycles. The SMILES string of the molecule is C[C@H](NC(=O)[C@H](C)N1C(=O)CCC1=O)C(=O)N1CCC[C@H]1C(=O)N[C@@H](CCCNC(=N)N)C(=O)N([N+]=O)c1ccccc1. The minimum absolute atomic E-state index is 0.0261. The highest BCUT2D eigenvalue weighted by molar-refractivity contribution is 6.06. The van der Waals surface area contributed by atoms with E-state index in [-0.39, 0.29) is 44.0 Å². The lowest BCUT2D eigenvalue weighted by Crippen LogP contribution is -2.57. The summed E-state index contributed by atoms with van der Waals surface area (Å²) in [5.74, 6) is -3.82. The van der Waals surface area contributed by atoms with Gasteiger partial charge in [-0.05, 0) is 51.7 Å². The molecular weight excluding hydrogens is 562 g/mol. The number of carbonyl (C=O) groups is 6. The number of para-hydroxylation sites is 1. The molecule has 1 radical (unpaired) electrons. The van der Waals surface area contributed by atoms with E-state index in [9.17, 15) is 33.7 Å².